The van der Waals surface area contributed by atoms with Gasteiger partial charge in [0.2, 0.25) is 11.8 Å². The van der Waals surface area contributed by atoms with Gasteiger partial charge in [0, 0.05) is 56.4 Å². The van der Waals surface area contributed by atoms with Crippen molar-refractivity contribution in [2.45, 2.75) is 40.3 Å². The van der Waals surface area contributed by atoms with Crippen LogP contribution in [0.3, 0.4) is 0 Å². The molecule has 4 aromatic heterocycles. The highest BCUT2D eigenvalue weighted by Gasteiger charge is 2.25. The zero-order valence-corrected chi connectivity index (χ0v) is 24.2. The molecule has 14 nitrogen and oxygen atoms in total. The van der Waals surface area contributed by atoms with Crippen LogP contribution in [-0.4, -0.2) is 86.0 Å². The Balaban J connectivity index is 0.00000189. The van der Waals surface area contributed by atoms with Crippen molar-refractivity contribution >= 4 is 28.8 Å². The number of carbonyl (C=O) groups excluding carboxylic acids is 1. The fourth-order valence-electron chi connectivity index (χ4n) is 4.40. The smallest absolute Gasteiger partial charge is 0.277 e. The van der Waals surface area contributed by atoms with Gasteiger partial charge in [0.05, 0.1) is 32.4 Å². The number of imidazole rings is 1. The molecular formula is C27H36N10O4. The molecule has 0 aromatic carbocycles. The molecule has 0 spiro atoms. The lowest BCUT2D eigenvalue weighted by molar-refractivity contribution is 0.0705. The lowest BCUT2D eigenvalue weighted by Crippen LogP contribution is -2.37. The fourth-order valence-corrected chi connectivity index (χ4v) is 4.40. The van der Waals surface area contributed by atoms with Crippen LogP contribution in [0.5, 0.6) is 5.88 Å². The number of fused-ring (bicyclic) bond motifs is 1. The second kappa shape index (κ2) is 13.3. The van der Waals surface area contributed by atoms with E-state index in [1.165, 1.54) is 12.4 Å². The van der Waals surface area contributed by atoms with Gasteiger partial charge in [-0.15, -0.1) is 0 Å². The molecule has 218 valence electrons. The van der Waals surface area contributed by atoms with E-state index in [4.69, 9.17) is 29.6 Å². The van der Waals surface area contributed by atoms with E-state index >= 15 is 0 Å². The van der Waals surface area contributed by atoms with Gasteiger partial charge in [0.15, 0.2) is 22.8 Å². The number of hydrogen-bond acceptors (Lipinski definition) is 12. The number of nitrogens with one attached hydrogen (secondary N) is 1. The Morgan fingerprint density at radius 3 is 2.39 bits per heavy atom. The van der Waals surface area contributed by atoms with Crippen molar-refractivity contribution in [2.75, 3.05) is 50.3 Å². The first-order chi connectivity index (χ1) is 19.9. The van der Waals surface area contributed by atoms with E-state index in [1.54, 1.807) is 24.9 Å². The van der Waals surface area contributed by atoms with Crippen molar-refractivity contribution in [1.29, 1.82) is 0 Å². The van der Waals surface area contributed by atoms with E-state index in [2.05, 4.69) is 38.3 Å². The second-order valence-corrected chi connectivity index (χ2v) is 9.29. The van der Waals surface area contributed by atoms with Crippen LogP contribution in [0.1, 0.15) is 49.9 Å². The van der Waals surface area contributed by atoms with Crippen LogP contribution >= 0.6 is 0 Å². The van der Waals surface area contributed by atoms with Gasteiger partial charge >= 0.3 is 0 Å². The molecule has 0 unspecified atom stereocenters. The van der Waals surface area contributed by atoms with Gasteiger partial charge in [-0.05, 0) is 19.9 Å². The van der Waals surface area contributed by atoms with Gasteiger partial charge in [-0.1, -0.05) is 13.8 Å². The van der Waals surface area contributed by atoms with Crippen LogP contribution < -0.4 is 20.0 Å². The monoisotopic (exact) mass is 564 g/mol. The molecule has 14 heteroatoms. The number of amides is 1. The number of hydrogen-bond donors (Lipinski definition) is 2. The van der Waals surface area contributed by atoms with E-state index in [-0.39, 0.29) is 11.6 Å². The topological polar surface area (TPSA) is 157 Å². The molecule has 0 bridgehead atoms. The largest absolute Gasteiger partial charge is 0.481 e. The molecule has 0 aliphatic carbocycles. The summed E-state index contributed by atoms with van der Waals surface area (Å²) in [7, 11) is 3.42. The number of hydroxylamine groups is 1. The first-order valence-corrected chi connectivity index (χ1v) is 13.5. The van der Waals surface area contributed by atoms with E-state index in [1.807, 2.05) is 31.9 Å². The zero-order valence-electron chi connectivity index (χ0n) is 24.2. The number of nitrogens with zero attached hydrogens (tertiary/aromatic N) is 9. The summed E-state index contributed by atoms with van der Waals surface area (Å²) in [5.74, 6) is 2.28. The lowest BCUT2D eigenvalue weighted by Gasteiger charge is -2.28. The molecule has 0 atom stereocenters. The normalized spacial score (nSPS) is 13.1. The molecule has 2 N–H and O–H groups in total. The first kappa shape index (κ1) is 29.6. The third-order valence-electron chi connectivity index (χ3n) is 6.35. The molecule has 1 aliphatic heterocycles. The average Bonchev–Trinajstić information content (AvgIpc) is 3.39. The maximum absolute atomic E-state index is 11.6. The van der Waals surface area contributed by atoms with Gasteiger partial charge in [0.1, 0.15) is 5.82 Å². The van der Waals surface area contributed by atoms with Crippen LogP contribution in [0.2, 0.25) is 0 Å². The first-order valence-electron chi connectivity index (χ1n) is 13.5. The van der Waals surface area contributed by atoms with E-state index in [9.17, 15) is 4.79 Å². The number of carbonyl (C=O) groups is 1. The zero-order chi connectivity index (χ0) is 29.5. The number of rotatable bonds is 8. The number of ether oxygens (including phenoxy) is 2. The molecule has 5 heterocycles. The number of aromatic nitrogens is 7. The number of methoxy groups -OCH3 is 1. The van der Waals surface area contributed by atoms with Crippen molar-refractivity contribution in [2.24, 2.45) is 0 Å². The number of pyridine rings is 1. The summed E-state index contributed by atoms with van der Waals surface area (Å²) in [6.07, 6.45) is 4.41. The minimum absolute atomic E-state index is 0.0456. The Bertz CT molecular complexity index is 1450. The fraction of sp³-hybridized carbons (Fsp3) is 0.444. The van der Waals surface area contributed by atoms with Crippen LogP contribution in [-0.2, 0) is 11.3 Å². The minimum Gasteiger partial charge on any atom is -0.481 e. The van der Waals surface area contributed by atoms with Crippen molar-refractivity contribution in [1.82, 2.24) is 40.0 Å². The van der Waals surface area contributed by atoms with E-state index < -0.39 is 5.91 Å². The molecule has 41 heavy (non-hydrogen) atoms. The van der Waals surface area contributed by atoms with Gasteiger partial charge < -0.3 is 23.8 Å². The Hall–Kier alpha value is -4.43. The Labute approximate surface area is 238 Å². The second-order valence-electron chi connectivity index (χ2n) is 9.29. The summed E-state index contributed by atoms with van der Waals surface area (Å²) < 4.78 is 12.9. The van der Waals surface area contributed by atoms with E-state index in [0.29, 0.717) is 61.7 Å². The van der Waals surface area contributed by atoms with Gasteiger partial charge in [-0.2, -0.15) is 0 Å². The third kappa shape index (κ3) is 6.33. The summed E-state index contributed by atoms with van der Waals surface area (Å²) in [5.41, 5.74) is 3.91. The SMILES string of the molecule is CC.COc1ccc(-c2nc(N3CCOCC3)c3nc(CN(C)c4ncc(C(=O)NO)cn4)n(C(C)C)c3n2)cn1. The average molecular weight is 565 g/mol. The molecule has 4 aromatic rings. The number of anilines is 2. The van der Waals surface area contributed by atoms with Gasteiger partial charge in [-0.25, -0.2) is 35.4 Å². The van der Waals surface area contributed by atoms with Crippen LogP contribution in [0.25, 0.3) is 22.6 Å². The minimum atomic E-state index is -0.678. The third-order valence-corrected chi connectivity index (χ3v) is 6.35. The van der Waals surface area contributed by atoms with Crippen LogP contribution in [0, 0.1) is 0 Å². The molecule has 5 rings (SSSR count). The van der Waals surface area contributed by atoms with Crippen molar-refractivity contribution < 1.29 is 19.5 Å². The van der Waals surface area contributed by atoms with E-state index in [0.717, 1.165) is 17.2 Å². The van der Waals surface area contributed by atoms with Crippen LogP contribution in [0.15, 0.2) is 30.7 Å². The highest BCUT2D eigenvalue weighted by atomic mass is 16.5. The standard InChI is InChI=1S/C25H30N10O4.C2H6/c1-15(2)35-18(14-33(3)25-27-12-17(13-28-25)24(36)32-37)29-20-22(34-7-9-39-10-8-34)30-21(31-23(20)35)16-5-6-19(38-4)26-11-16;1-2/h5-6,11-13,15,37H,7-10,14H2,1-4H3,(H,32,36);1-2H3. The Morgan fingerprint density at radius 1 is 1.10 bits per heavy atom. The Kier molecular flexibility index (Phi) is 9.57. The predicted octanol–water partition coefficient (Wildman–Crippen LogP) is 2.89. The molecule has 1 saturated heterocycles. The highest BCUT2D eigenvalue weighted by Crippen LogP contribution is 2.31. The summed E-state index contributed by atoms with van der Waals surface area (Å²) >= 11 is 0. The maximum atomic E-state index is 11.6. The van der Waals surface area contributed by atoms with Crippen molar-refractivity contribution in [3.63, 3.8) is 0 Å². The Morgan fingerprint density at radius 2 is 1.80 bits per heavy atom. The molecular weight excluding hydrogens is 528 g/mol. The summed E-state index contributed by atoms with van der Waals surface area (Å²) in [5, 5.41) is 8.84. The summed E-state index contributed by atoms with van der Waals surface area (Å²) in [6.45, 7) is 11.1. The molecule has 0 saturated carbocycles. The van der Waals surface area contributed by atoms with Gasteiger partial charge in [0.25, 0.3) is 5.91 Å². The molecule has 0 radical (unpaired) electrons. The highest BCUT2D eigenvalue weighted by molar-refractivity contribution is 5.92. The lowest BCUT2D eigenvalue weighted by atomic mass is 10.2. The van der Waals surface area contributed by atoms with Crippen molar-refractivity contribution in [3.8, 4) is 17.3 Å². The van der Waals surface area contributed by atoms with Crippen LogP contribution in [0.4, 0.5) is 11.8 Å². The van der Waals surface area contributed by atoms with Crippen molar-refractivity contribution in [3.05, 3.63) is 42.1 Å². The molecule has 1 fully saturated rings. The quantitative estimate of drug-likeness (QED) is 0.239. The molecule has 1 amide bonds. The van der Waals surface area contributed by atoms with Gasteiger partial charge in [-0.3, -0.25) is 10.0 Å². The predicted molar refractivity (Wildman–Crippen MR) is 153 cm³/mol. The molecule has 1 aliphatic rings. The maximum Gasteiger partial charge on any atom is 0.277 e. The number of morpholine rings is 1. The summed E-state index contributed by atoms with van der Waals surface area (Å²) in [6, 6.07) is 3.72. The summed E-state index contributed by atoms with van der Waals surface area (Å²) in [4.78, 5) is 43.4.